The molecule has 1 aromatic carbocycles. The van der Waals surface area contributed by atoms with E-state index in [-0.39, 0.29) is 29.8 Å². The fourth-order valence-electron chi connectivity index (χ4n) is 3.00. The zero-order valence-corrected chi connectivity index (χ0v) is 18.3. The van der Waals surface area contributed by atoms with Crippen LogP contribution in [0.25, 0.3) is 0 Å². The van der Waals surface area contributed by atoms with Gasteiger partial charge in [0, 0.05) is 38.4 Å². The Hall–Kier alpha value is -1.64. The lowest BCUT2D eigenvalue weighted by molar-refractivity contribution is 0.606. The smallest absolute Gasteiger partial charge is 0.191 e. The molecule has 0 unspecified atom stereocenters. The van der Waals surface area contributed by atoms with Crippen molar-refractivity contribution in [2.75, 3.05) is 13.6 Å². The van der Waals surface area contributed by atoms with Crippen molar-refractivity contribution >= 4 is 29.9 Å². The van der Waals surface area contributed by atoms with Crippen molar-refractivity contribution in [3.63, 3.8) is 0 Å². The Bertz CT molecular complexity index is 727. The van der Waals surface area contributed by atoms with Crippen molar-refractivity contribution in [3.8, 4) is 0 Å². The zero-order chi connectivity index (χ0) is 18.2. The summed E-state index contributed by atoms with van der Waals surface area (Å²) in [4.78, 5) is 4.25. The molecule has 0 saturated carbocycles. The van der Waals surface area contributed by atoms with Gasteiger partial charge in [0.05, 0.1) is 5.69 Å². The second-order valence-corrected chi connectivity index (χ2v) is 5.90. The molecule has 2 N–H and O–H groups in total. The minimum Gasteiger partial charge on any atom is -0.356 e. The summed E-state index contributed by atoms with van der Waals surface area (Å²) in [6.07, 6.45) is 2.46. The van der Waals surface area contributed by atoms with Crippen molar-refractivity contribution in [1.82, 2.24) is 20.4 Å². The first-order valence-electron chi connectivity index (χ1n) is 8.82. The monoisotopic (exact) mass is 473 g/mol. The van der Waals surface area contributed by atoms with Crippen LogP contribution in [0.15, 0.2) is 29.3 Å². The van der Waals surface area contributed by atoms with Gasteiger partial charge in [0.2, 0.25) is 0 Å². The number of nitrogens with one attached hydrogen (secondary N) is 2. The maximum atomic E-state index is 13.7. The van der Waals surface area contributed by atoms with Crippen LogP contribution in [-0.4, -0.2) is 29.3 Å². The first-order chi connectivity index (χ1) is 12.1. The summed E-state index contributed by atoms with van der Waals surface area (Å²) in [6, 6.07) is 6.86. The molecule has 0 saturated heterocycles. The predicted octanol–water partition coefficient (Wildman–Crippen LogP) is 3.21. The van der Waals surface area contributed by atoms with E-state index in [1.54, 1.807) is 13.1 Å². The van der Waals surface area contributed by atoms with Crippen LogP contribution in [0.3, 0.4) is 0 Å². The highest BCUT2D eigenvalue weighted by atomic mass is 127. The van der Waals surface area contributed by atoms with Gasteiger partial charge in [0.15, 0.2) is 5.96 Å². The van der Waals surface area contributed by atoms with Crippen LogP contribution in [0.1, 0.15) is 36.4 Å². The highest BCUT2D eigenvalue weighted by Crippen LogP contribution is 2.15. The molecule has 5 nitrogen and oxygen atoms in total. The molecule has 0 aliphatic rings. The fourth-order valence-corrected chi connectivity index (χ4v) is 3.00. The quantitative estimate of drug-likeness (QED) is 0.369. The third kappa shape index (κ3) is 5.69. The topological polar surface area (TPSA) is 54.2 Å². The van der Waals surface area contributed by atoms with Crippen molar-refractivity contribution in [2.45, 2.75) is 39.7 Å². The Kier molecular flexibility index (Phi) is 9.61. The lowest BCUT2D eigenvalue weighted by atomic mass is 10.1. The third-order valence-corrected chi connectivity index (χ3v) is 4.33. The average molecular weight is 473 g/mol. The predicted molar refractivity (Wildman–Crippen MR) is 116 cm³/mol. The van der Waals surface area contributed by atoms with Gasteiger partial charge in [-0.15, -0.1) is 24.0 Å². The van der Waals surface area contributed by atoms with E-state index in [2.05, 4.69) is 34.6 Å². The number of halogens is 2. The van der Waals surface area contributed by atoms with E-state index in [1.807, 2.05) is 23.9 Å². The van der Waals surface area contributed by atoms with Gasteiger partial charge in [0.25, 0.3) is 0 Å². The molecular weight excluding hydrogens is 444 g/mol. The van der Waals surface area contributed by atoms with Crippen LogP contribution in [0.2, 0.25) is 0 Å². The van der Waals surface area contributed by atoms with Crippen molar-refractivity contribution in [1.29, 1.82) is 0 Å². The maximum Gasteiger partial charge on any atom is 0.191 e. The largest absolute Gasteiger partial charge is 0.356 e. The number of benzene rings is 1. The molecule has 1 heterocycles. The van der Waals surface area contributed by atoms with E-state index in [9.17, 15) is 4.39 Å². The van der Waals surface area contributed by atoms with Crippen molar-refractivity contribution in [3.05, 3.63) is 52.6 Å². The minimum absolute atomic E-state index is 0. The van der Waals surface area contributed by atoms with Gasteiger partial charge in [-0.25, -0.2) is 4.39 Å². The molecule has 144 valence electrons. The molecule has 0 radical (unpaired) electrons. The lowest BCUT2D eigenvalue weighted by Gasteiger charge is -2.13. The fraction of sp³-hybridized carbons (Fsp3) is 0.474. The summed E-state index contributed by atoms with van der Waals surface area (Å²) in [5.74, 6) is 0.548. The number of hydrogen-bond acceptors (Lipinski definition) is 2. The SMILES string of the molecule is CCc1nn(C)c(CC)c1CNC(=NC)NCCc1ccccc1F.I. The van der Waals surface area contributed by atoms with E-state index < -0.39 is 0 Å². The van der Waals surface area contributed by atoms with Gasteiger partial charge in [-0.2, -0.15) is 5.10 Å². The van der Waals surface area contributed by atoms with Crippen LogP contribution in [0.4, 0.5) is 4.39 Å². The first-order valence-corrected chi connectivity index (χ1v) is 8.82. The number of nitrogens with zero attached hydrogens (tertiary/aromatic N) is 3. The molecule has 0 spiro atoms. The standard InChI is InChI=1S/C19H28FN5.HI/c1-5-17-15(18(6-2)25(4)24-17)13-23-19(21-3)22-12-11-14-9-7-8-10-16(14)20;/h7-10H,5-6,11-13H2,1-4H3,(H2,21,22,23);1H. The molecular formula is C19H29FIN5. The van der Waals surface area contributed by atoms with Gasteiger partial charge in [-0.1, -0.05) is 32.0 Å². The number of aliphatic imine (C=N–C) groups is 1. The second-order valence-electron chi connectivity index (χ2n) is 5.90. The molecule has 2 aromatic rings. The number of hydrogen-bond donors (Lipinski definition) is 2. The summed E-state index contributed by atoms with van der Waals surface area (Å²) in [5, 5.41) is 11.2. The van der Waals surface area contributed by atoms with E-state index in [0.717, 1.165) is 18.5 Å². The summed E-state index contributed by atoms with van der Waals surface area (Å²) in [7, 11) is 3.73. The molecule has 0 aliphatic heterocycles. The number of aryl methyl sites for hydroxylation is 2. The van der Waals surface area contributed by atoms with Crippen LogP contribution >= 0.6 is 24.0 Å². The molecule has 0 atom stereocenters. The van der Waals surface area contributed by atoms with Gasteiger partial charge < -0.3 is 10.6 Å². The molecule has 26 heavy (non-hydrogen) atoms. The normalized spacial score (nSPS) is 11.2. The molecule has 0 fully saturated rings. The van der Waals surface area contributed by atoms with Gasteiger partial charge in [-0.3, -0.25) is 9.67 Å². The van der Waals surface area contributed by atoms with E-state index in [1.165, 1.54) is 17.3 Å². The highest BCUT2D eigenvalue weighted by molar-refractivity contribution is 14.0. The second kappa shape index (κ2) is 11.2. The van der Waals surface area contributed by atoms with Gasteiger partial charge in [-0.05, 0) is 30.9 Å². The Labute approximate surface area is 172 Å². The third-order valence-electron chi connectivity index (χ3n) is 4.33. The van der Waals surface area contributed by atoms with Crippen LogP contribution in [0, 0.1) is 5.82 Å². The molecule has 1 aromatic heterocycles. The summed E-state index contributed by atoms with van der Waals surface area (Å²) < 4.78 is 15.6. The molecule has 0 bridgehead atoms. The molecule has 0 aliphatic carbocycles. The zero-order valence-electron chi connectivity index (χ0n) is 16.0. The van der Waals surface area contributed by atoms with Crippen LogP contribution in [0.5, 0.6) is 0 Å². The van der Waals surface area contributed by atoms with E-state index in [4.69, 9.17) is 0 Å². The maximum absolute atomic E-state index is 13.7. The minimum atomic E-state index is -0.164. The number of aromatic nitrogens is 2. The van der Waals surface area contributed by atoms with E-state index in [0.29, 0.717) is 31.0 Å². The van der Waals surface area contributed by atoms with Crippen molar-refractivity contribution in [2.24, 2.45) is 12.0 Å². The van der Waals surface area contributed by atoms with Crippen LogP contribution < -0.4 is 10.6 Å². The summed E-state index contributed by atoms with van der Waals surface area (Å²) in [6.45, 7) is 5.56. The molecule has 0 amide bonds. The lowest BCUT2D eigenvalue weighted by Crippen LogP contribution is -2.38. The Morgan fingerprint density at radius 2 is 1.92 bits per heavy atom. The van der Waals surface area contributed by atoms with Gasteiger partial charge in [0.1, 0.15) is 5.82 Å². The van der Waals surface area contributed by atoms with Crippen molar-refractivity contribution < 1.29 is 4.39 Å². The summed E-state index contributed by atoms with van der Waals surface area (Å²) >= 11 is 0. The number of rotatable bonds is 7. The van der Waals surface area contributed by atoms with Gasteiger partial charge >= 0.3 is 0 Å². The Morgan fingerprint density at radius 3 is 2.54 bits per heavy atom. The highest BCUT2D eigenvalue weighted by Gasteiger charge is 2.13. The average Bonchev–Trinajstić information content (AvgIpc) is 2.94. The molecule has 2 rings (SSSR count). The first kappa shape index (κ1) is 22.4. The molecule has 7 heteroatoms. The Morgan fingerprint density at radius 1 is 1.19 bits per heavy atom. The summed E-state index contributed by atoms with van der Waals surface area (Å²) in [5.41, 5.74) is 4.31. The van der Waals surface area contributed by atoms with Crippen LogP contribution in [-0.2, 0) is 32.9 Å². The Balaban J connectivity index is 0.00000338. The number of guanidine groups is 1. The van der Waals surface area contributed by atoms with E-state index >= 15 is 0 Å².